The highest BCUT2D eigenvalue weighted by Gasteiger charge is 2.20. The molecule has 4 aromatic rings. The quantitative estimate of drug-likeness (QED) is 0.221. The second-order valence-corrected chi connectivity index (χ2v) is 7.13. The Morgan fingerprint density at radius 2 is 1.07 bits per heavy atom. The topological polar surface area (TPSA) is 3.88 Å². The minimum atomic E-state index is 1.34. The molecule has 0 aliphatic carbocycles. The standard InChI is InChI=1S/C23H24N.2C2H6/c1-13-9-7-10-18-20(13)23-19(11-8-12-24(23)6)22-17(5)15(3)14(2)16(4)21(18)22;2*1-2/h7-12H,1-6H3;2*1-2H3/q+1;;. The first kappa shape index (κ1) is 21.9. The van der Waals surface area contributed by atoms with Crippen LogP contribution < -0.4 is 4.57 Å². The van der Waals surface area contributed by atoms with Crippen molar-refractivity contribution in [3.63, 3.8) is 0 Å². The van der Waals surface area contributed by atoms with Gasteiger partial charge in [0.15, 0.2) is 6.20 Å². The largest absolute Gasteiger partial charge is 0.221 e. The fraction of sp³-hybridized carbons (Fsp3) is 0.370. The zero-order valence-corrected chi connectivity index (χ0v) is 19.4. The average molecular weight is 375 g/mol. The first-order valence-corrected chi connectivity index (χ1v) is 10.6. The third kappa shape index (κ3) is 3.17. The summed E-state index contributed by atoms with van der Waals surface area (Å²) in [6.45, 7) is 19.3. The molecule has 0 amide bonds. The van der Waals surface area contributed by atoms with Crippen molar-refractivity contribution in [1.82, 2.24) is 0 Å². The molecule has 0 saturated heterocycles. The summed E-state index contributed by atoms with van der Waals surface area (Å²) in [6.07, 6.45) is 2.16. The van der Waals surface area contributed by atoms with E-state index in [4.69, 9.17) is 0 Å². The SMILES string of the molecule is CC.CC.Cc1c(C)c(C)c2c3ccc[n+](C)c3c3c(C)cccc3c2c1C. The molecular formula is C27H36N+. The van der Waals surface area contributed by atoms with Crippen molar-refractivity contribution in [2.75, 3.05) is 0 Å². The van der Waals surface area contributed by atoms with Gasteiger partial charge in [0.05, 0.1) is 10.8 Å². The molecule has 4 rings (SSSR count). The maximum Gasteiger partial charge on any atom is 0.221 e. The monoisotopic (exact) mass is 374 g/mol. The van der Waals surface area contributed by atoms with Gasteiger partial charge in [0, 0.05) is 6.07 Å². The first-order valence-electron chi connectivity index (χ1n) is 10.6. The van der Waals surface area contributed by atoms with Crippen LogP contribution in [-0.4, -0.2) is 0 Å². The number of nitrogens with zero attached hydrogens (tertiary/aromatic N) is 1. The smallest absolute Gasteiger partial charge is 0.200 e. The molecule has 0 saturated carbocycles. The van der Waals surface area contributed by atoms with E-state index in [0.29, 0.717) is 0 Å². The molecule has 0 N–H and O–H groups in total. The normalized spacial score (nSPS) is 10.5. The number of benzene rings is 3. The van der Waals surface area contributed by atoms with Crippen LogP contribution in [0.1, 0.15) is 55.5 Å². The van der Waals surface area contributed by atoms with Crippen LogP contribution in [0.3, 0.4) is 0 Å². The molecular weight excluding hydrogens is 338 g/mol. The highest BCUT2D eigenvalue weighted by Crippen LogP contribution is 2.40. The van der Waals surface area contributed by atoms with Gasteiger partial charge < -0.3 is 0 Å². The summed E-state index contributed by atoms with van der Waals surface area (Å²) in [5, 5.41) is 6.96. The summed E-state index contributed by atoms with van der Waals surface area (Å²) in [4.78, 5) is 0. The Balaban J connectivity index is 0.000000660. The van der Waals surface area contributed by atoms with Crippen LogP contribution in [0.2, 0.25) is 0 Å². The van der Waals surface area contributed by atoms with Gasteiger partial charge in [0.25, 0.3) is 0 Å². The lowest BCUT2D eigenvalue weighted by atomic mass is 9.85. The van der Waals surface area contributed by atoms with E-state index in [9.17, 15) is 0 Å². The number of rotatable bonds is 0. The molecule has 1 aromatic heterocycles. The highest BCUT2D eigenvalue weighted by molar-refractivity contribution is 6.26. The van der Waals surface area contributed by atoms with Crippen molar-refractivity contribution in [1.29, 1.82) is 0 Å². The second kappa shape index (κ2) is 8.73. The van der Waals surface area contributed by atoms with Gasteiger partial charge >= 0.3 is 0 Å². The van der Waals surface area contributed by atoms with Crippen LogP contribution >= 0.6 is 0 Å². The van der Waals surface area contributed by atoms with Gasteiger partial charge in [-0.2, -0.15) is 0 Å². The van der Waals surface area contributed by atoms with Crippen molar-refractivity contribution in [2.24, 2.45) is 7.05 Å². The van der Waals surface area contributed by atoms with E-state index in [1.165, 1.54) is 60.3 Å². The number of pyridine rings is 1. The summed E-state index contributed by atoms with van der Waals surface area (Å²) in [7, 11) is 2.16. The van der Waals surface area contributed by atoms with Gasteiger partial charge in [-0.3, -0.25) is 0 Å². The molecule has 0 aliphatic rings. The third-order valence-corrected chi connectivity index (χ3v) is 5.92. The summed E-state index contributed by atoms with van der Waals surface area (Å²) in [5.74, 6) is 0. The van der Waals surface area contributed by atoms with Crippen molar-refractivity contribution < 1.29 is 4.57 Å². The Hall–Kier alpha value is -2.41. The number of hydrogen-bond acceptors (Lipinski definition) is 0. The van der Waals surface area contributed by atoms with E-state index < -0.39 is 0 Å². The van der Waals surface area contributed by atoms with E-state index in [2.05, 4.69) is 82.8 Å². The molecule has 28 heavy (non-hydrogen) atoms. The maximum atomic E-state index is 2.29. The van der Waals surface area contributed by atoms with E-state index in [0.717, 1.165) is 0 Å². The predicted octanol–water partition coefficient (Wildman–Crippen LogP) is 7.57. The van der Waals surface area contributed by atoms with Crippen molar-refractivity contribution >= 4 is 32.4 Å². The number of fused-ring (bicyclic) bond motifs is 6. The van der Waals surface area contributed by atoms with E-state index in [1.807, 2.05) is 27.7 Å². The first-order chi connectivity index (χ1) is 13.4. The summed E-state index contributed by atoms with van der Waals surface area (Å²) in [6, 6.07) is 11.2. The lowest BCUT2D eigenvalue weighted by molar-refractivity contribution is -0.644. The molecule has 0 aliphatic heterocycles. The molecule has 0 atom stereocenters. The van der Waals surface area contributed by atoms with Gasteiger partial charge in [-0.05, 0) is 84.7 Å². The van der Waals surface area contributed by atoms with Crippen molar-refractivity contribution in [3.05, 3.63) is 64.3 Å². The zero-order chi connectivity index (χ0) is 21.2. The fourth-order valence-corrected chi connectivity index (χ4v) is 4.30. The molecule has 148 valence electrons. The Morgan fingerprint density at radius 1 is 0.571 bits per heavy atom. The van der Waals surface area contributed by atoms with Crippen LogP contribution in [0.15, 0.2) is 36.5 Å². The van der Waals surface area contributed by atoms with Gasteiger partial charge in [-0.15, -0.1) is 0 Å². The van der Waals surface area contributed by atoms with E-state index >= 15 is 0 Å². The average Bonchev–Trinajstić information content (AvgIpc) is 2.73. The molecule has 0 radical (unpaired) electrons. The third-order valence-electron chi connectivity index (χ3n) is 5.92. The Kier molecular flexibility index (Phi) is 6.82. The maximum absolute atomic E-state index is 2.29. The lowest BCUT2D eigenvalue weighted by Gasteiger charge is -2.18. The highest BCUT2D eigenvalue weighted by atomic mass is 14.9. The molecule has 0 bridgehead atoms. The van der Waals surface area contributed by atoms with Gasteiger partial charge in [-0.1, -0.05) is 45.9 Å². The Labute approximate surface area is 171 Å². The molecule has 1 heterocycles. The zero-order valence-electron chi connectivity index (χ0n) is 19.4. The summed E-state index contributed by atoms with van der Waals surface area (Å²) >= 11 is 0. The molecule has 0 unspecified atom stereocenters. The van der Waals surface area contributed by atoms with Gasteiger partial charge in [0.2, 0.25) is 5.52 Å². The van der Waals surface area contributed by atoms with Crippen LogP contribution in [0.4, 0.5) is 0 Å². The van der Waals surface area contributed by atoms with Crippen LogP contribution in [0.5, 0.6) is 0 Å². The van der Waals surface area contributed by atoms with Crippen LogP contribution in [-0.2, 0) is 7.05 Å². The summed E-state index contributed by atoms with van der Waals surface area (Å²) in [5.41, 5.74) is 8.34. The van der Waals surface area contributed by atoms with Crippen LogP contribution in [0, 0.1) is 34.6 Å². The number of hydrogen-bond donors (Lipinski definition) is 0. The van der Waals surface area contributed by atoms with E-state index in [-0.39, 0.29) is 0 Å². The number of aryl methyl sites for hydroxylation is 4. The van der Waals surface area contributed by atoms with E-state index in [1.54, 1.807) is 0 Å². The van der Waals surface area contributed by atoms with Gasteiger partial charge in [-0.25, -0.2) is 4.57 Å². The predicted molar refractivity (Wildman–Crippen MR) is 127 cm³/mol. The van der Waals surface area contributed by atoms with Crippen LogP contribution in [0.25, 0.3) is 32.4 Å². The minimum Gasteiger partial charge on any atom is -0.200 e. The lowest BCUT2D eigenvalue weighted by Crippen LogP contribution is -2.28. The molecule has 0 fully saturated rings. The molecule has 0 spiro atoms. The summed E-state index contributed by atoms with van der Waals surface area (Å²) < 4.78 is 2.27. The second-order valence-electron chi connectivity index (χ2n) is 7.13. The molecule has 3 aromatic carbocycles. The Bertz CT molecular complexity index is 1060. The molecule has 1 heteroatoms. The van der Waals surface area contributed by atoms with Crippen molar-refractivity contribution in [2.45, 2.75) is 62.3 Å². The number of aromatic nitrogens is 1. The fourth-order valence-electron chi connectivity index (χ4n) is 4.30. The van der Waals surface area contributed by atoms with Gasteiger partial charge in [0.1, 0.15) is 7.05 Å². The molecule has 1 nitrogen and oxygen atoms in total. The van der Waals surface area contributed by atoms with Crippen molar-refractivity contribution in [3.8, 4) is 0 Å². The Morgan fingerprint density at radius 3 is 1.64 bits per heavy atom. The minimum absolute atomic E-state index is 1.34.